The number of benzene rings is 1. The van der Waals surface area contributed by atoms with Crippen LogP contribution in [0, 0.1) is 0 Å². The van der Waals surface area contributed by atoms with Crippen LogP contribution in [0.3, 0.4) is 0 Å². The highest BCUT2D eigenvalue weighted by Gasteiger charge is 2.10. The Morgan fingerprint density at radius 2 is 2.18 bits per heavy atom. The van der Waals surface area contributed by atoms with Gasteiger partial charge in [-0.2, -0.15) is 0 Å². The highest BCUT2D eigenvalue weighted by molar-refractivity contribution is 9.10. The van der Waals surface area contributed by atoms with Crippen molar-refractivity contribution in [1.82, 2.24) is 0 Å². The highest BCUT2D eigenvalue weighted by atomic mass is 79.9. The molecule has 1 N–H and O–H groups in total. The molecule has 0 bridgehead atoms. The zero-order valence-corrected chi connectivity index (χ0v) is 11.2. The Labute approximate surface area is 108 Å². The first kappa shape index (κ1) is 13.6. The van der Waals surface area contributed by atoms with Crippen molar-refractivity contribution in [2.45, 2.75) is 6.42 Å². The summed E-state index contributed by atoms with van der Waals surface area (Å²) >= 11 is 3.33. The number of methoxy groups -OCH3 is 2. The van der Waals surface area contributed by atoms with Crippen LogP contribution in [0.2, 0.25) is 0 Å². The molecule has 0 aromatic heterocycles. The number of carbonyl (C=O) groups is 1. The van der Waals surface area contributed by atoms with Crippen molar-refractivity contribution >= 4 is 21.9 Å². The van der Waals surface area contributed by atoms with Crippen molar-refractivity contribution < 1.29 is 19.4 Å². The van der Waals surface area contributed by atoms with Crippen LogP contribution >= 0.6 is 15.9 Å². The van der Waals surface area contributed by atoms with Gasteiger partial charge in [-0.1, -0.05) is 22.0 Å². The van der Waals surface area contributed by atoms with Gasteiger partial charge in [-0.3, -0.25) is 0 Å². The van der Waals surface area contributed by atoms with Crippen LogP contribution in [0.15, 0.2) is 28.8 Å². The fourth-order valence-electron chi connectivity index (χ4n) is 1.29. The van der Waals surface area contributed by atoms with Gasteiger partial charge in [-0.25, -0.2) is 4.79 Å². The van der Waals surface area contributed by atoms with E-state index in [0.29, 0.717) is 17.7 Å². The minimum absolute atomic E-state index is 0.0661. The molecule has 17 heavy (non-hydrogen) atoms. The van der Waals surface area contributed by atoms with Gasteiger partial charge in [0.15, 0.2) is 11.5 Å². The molecule has 0 aliphatic heterocycles. The quantitative estimate of drug-likeness (QED) is 0.685. The van der Waals surface area contributed by atoms with E-state index in [0.717, 1.165) is 4.47 Å². The maximum absolute atomic E-state index is 10.9. The molecule has 0 fully saturated rings. The molecule has 0 aliphatic carbocycles. The predicted molar refractivity (Wildman–Crippen MR) is 67.2 cm³/mol. The Balaban J connectivity index is 2.90. The summed E-state index contributed by atoms with van der Waals surface area (Å²) in [6, 6.07) is 3.44. The lowest BCUT2D eigenvalue weighted by Crippen LogP contribution is -1.95. The first-order chi connectivity index (χ1) is 8.10. The Morgan fingerprint density at radius 3 is 2.76 bits per heavy atom. The average molecular weight is 301 g/mol. The van der Waals surface area contributed by atoms with E-state index in [1.54, 1.807) is 18.2 Å². The molecule has 1 aromatic rings. The molecular formula is C12H13BrO4. The van der Waals surface area contributed by atoms with Crippen molar-refractivity contribution in [3.63, 3.8) is 0 Å². The number of carbonyl (C=O) groups excluding carboxylic acids is 1. The molecule has 5 heteroatoms. The normalized spacial score (nSPS) is 10.5. The molecule has 0 spiro atoms. The first-order valence-corrected chi connectivity index (χ1v) is 5.68. The number of hydrogen-bond acceptors (Lipinski definition) is 4. The SMILES string of the molecule is COC(=O)/C=C/Cc1c(Br)ccc(OC)c1O. The molecule has 0 unspecified atom stereocenters. The van der Waals surface area contributed by atoms with Gasteiger partial charge in [0.2, 0.25) is 0 Å². The van der Waals surface area contributed by atoms with E-state index in [9.17, 15) is 9.90 Å². The Morgan fingerprint density at radius 1 is 1.47 bits per heavy atom. The summed E-state index contributed by atoms with van der Waals surface area (Å²) in [6.45, 7) is 0. The van der Waals surface area contributed by atoms with Crippen LogP contribution in [-0.4, -0.2) is 25.3 Å². The van der Waals surface area contributed by atoms with E-state index in [1.165, 1.54) is 20.3 Å². The van der Waals surface area contributed by atoms with E-state index in [4.69, 9.17) is 4.74 Å². The van der Waals surface area contributed by atoms with Crippen LogP contribution in [-0.2, 0) is 16.0 Å². The lowest BCUT2D eigenvalue weighted by molar-refractivity contribution is -0.134. The molecule has 0 saturated heterocycles. The summed E-state index contributed by atoms with van der Waals surface area (Å²) in [4.78, 5) is 10.9. The number of esters is 1. The Bertz CT molecular complexity index is 440. The van der Waals surface area contributed by atoms with Crippen LogP contribution in [0.25, 0.3) is 0 Å². The van der Waals surface area contributed by atoms with Crippen molar-refractivity contribution in [1.29, 1.82) is 0 Å². The second kappa shape index (κ2) is 6.30. The molecule has 0 aliphatic rings. The van der Waals surface area contributed by atoms with Crippen molar-refractivity contribution in [3.05, 3.63) is 34.3 Å². The van der Waals surface area contributed by atoms with Gasteiger partial charge in [0.25, 0.3) is 0 Å². The van der Waals surface area contributed by atoms with Gasteiger partial charge in [0, 0.05) is 16.1 Å². The van der Waals surface area contributed by atoms with Crippen molar-refractivity contribution in [3.8, 4) is 11.5 Å². The monoisotopic (exact) mass is 300 g/mol. The standard InChI is InChI=1S/C12H13BrO4/c1-16-10-7-6-9(13)8(12(10)15)4-3-5-11(14)17-2/h3,5-7,15H,4H2,1-2H3/b5-3+. The zero-order chi connectivity index (χ0) is 12.8. The number of allylic oxidation sites excluding steroid dienone is 1. The maximum atomic E-state index is 10.9. The predicted octanol–water partition coefficient (Wildman–Crippen LogP) is 2.44. The van der Waals surface area contributed by atoms with Gasteiger partial charge in [0.05, 0.1) is 14.2 Å². The maximum Gasteiger partial charge on any atom is 0.330 e. The van der Waals surface area contributed by atoms with Crippen LogP contribution in [0.5, 0.6) is 11.5 Å². The minimum atomic E-state index is -0.427. The van der Waals surface area contributed by atoms with Crippen molar-refractivity contribution in [2.75, 3.05) is 14.2 Å². The number of phenolic OH excluding ortho intramolecular Hbond substituents is 1. The molecule has 1 rings (SSSR count). The Kier molecular flexibility index (Phi) is 5.03. The summed E-state index contributed by atoms with van der Waals surface area (Å²) in [6.07, 6.45) is 3.33. The first-order valence-electron chi connectivity index (χ1n) is 4.89. The third kappa shape index (κ3) is 3.49. The molecule has 0 radical (unpaired) electrons. The number of aromatic hydroxyl groups is 1. The smallest absolute Gasteiger partial charge is 0.330 e. The number of phenols is 1. The number of rotatable bonds is 4. The van der Waals surface area contributed by atoms with E-state index in [2.05, 4.69) is 20.7 Å². The van der Waals surface area contributed by atoms with Crippen molar-refractivity contribution in [2.24, 2.45) is 0 Å². The molecule has 0 amide bonds. The lowest BCUT2D eigenvalue weighted by atomic mass is 10.1. The van der Waals surface area contributed by atoms with Gasteiger partial charge >= 0.3 is 5.97 Å². The second-order valence-corrected chi connectivity index (χ2v) is 4.06. The van der Waals surface area contributed by atoms with Crippen LogP contribution in [0.1, 0.15) is 5.56 Å². The van der Waals surface area contributed by atoms with Gasteiger partial charge in [0.1, 0.15) is 0 Å². The van der Waals surface area contributed by atoms with E-state index >= 15 is 0 Å². The summed E-state index contributed by atoms with van der Waals surface area (Å²) in [5, 5.41) is 9.89. The molecule has 92 valence electrons. The fourth-order valence-corrected chi connectivity index (χ4v) is 1.77. The van der Waals surface area contributed by atoms with Gasteiger partial charge in [-0.15, -0.1) is 0 Å². The van der Waals surface area contributed by atoms with Crippen LogP contribution < -0.4 is 4.74 Å². The summed E-state index contributed by atoms with van der Waals surface area (Å²) in [5.74, 6) is 0.0366. The lowest BCUT2D eigenvalue weighted by Gasteiger charge is -2.09. The average Bonchev–Trinajstić information content (AvgIpc) is 2.33. The molecule has 0 atom stereocenters. The third-order valence-corrected chi connectivity index (χ3v) is 2.93. The molecule has 0 heterocycles. The summed E-state index contributed by atoms with van der Waals surface area (Å²) < 4.78 is 10.2. The van der Waals surface area contributed by atoms with E-state index < -0.39 is 5.97 Å². The number of ether oxygens (including phenoxy) is 2. The topological polar surface area (TPSA) is 55.8 Å². The van der Waals surface area contributed by atoms with E-state index in [-0.39, 0.29) is 5.75 Å². The molecular weight excluding hydrogens is 288 g/mol. The third-order valence-electron chi connectivity index (χ3n) is 2.19. The fraction of sp³-hybridized carbons (Fsp3) is 0.250. The van der Waals surface area contributed by atoms with Gasteiger partial charge in [-0.05, 0) is 18.6 Å². The number of hydrogen-bond donors (Lipinski definition) is 1. The molecule has 4 nitrogen and oxygen atoms in total. The molecule has 1 aromatic carbocycles. The Hall–Kier alpha value is -1.49. The van der Waals surface area contributed by atoms with E-state index in [1.807, 2.05) is 0 Å². The largest absolute Gasteiger partial charge is 0.504 e. The summed E-state index contributed by atoms with van der Waals surface area (Å²) in [7, 11) is 2.79. The molecule has 0 saturated carbocycles. The summed E-state index contributed by atoms with van der Waals surface area (Å²) in [5.41, 5.74) is 0.657. The van der Waals surface area contributed by atoms with Gasteiger partial charge < -0.3 is 14.6 Å². The second-order valence-electron chi connectivity index (χ2n) is 3.21. The highest BCUT2D eigenvalue weighted by Crippen LogP contribution is 2.35. The minimum Gasteiger partial charge on any atom is -0.504 e. The number of halogens is 1. The van der Waals surface area contributed by atoms with Crippen LogP contribution in [0.4, 0.5) is 0 Å². The zero-order valence-electron chi connectivity index (χ0n) is 9.57.